The number of carboxylic acid groups (broad SMARTS) is 1. The molecule has 1 N–H and O–H groups in total. The molecule has 0 aromatic heterocycles. The van der Waals surface area contributed by atoms with Crippen LogP contribution >= 0.6 is 0 Å². The average Bonchev–Trinajstić information content (AvgIpc) is 3.20. The molecule has 0 saturated heterocycles. The van der Waals surface area contributed by atoms with Gasteiger partial charge >= 0.3 is 5.97 Å². The number of rotatable bonds is 10. The molecule has 2 unspecified atom stereocenters. The zero-order chi connectivity index (χ0) is 26.3. The van der Waals surface area contributed by atoms with E-state index in [4.69, 9.17) is 14.2 Å². The molecule has 0 aromatic rings. The summed E-state index contributed by atoms with van der Waals surface area (Å²) in [6, 6.07) is 0. The van der Waals surface area contributed by atoms with Crippen LogP contribution in [-0.4, -0.2) is 48.8 Å². The first kappa shape index (κ1) is 26.9. The fourth-order valence-electron chi connectivity index (χ4n) is 9.97. The third kappa shape index (κ3) is 4.03. The minimum absolute atomic E-state index is 0.0565. The zero-order valence-electron chi connectivity index (χ0n) is 22.0. The number of aliphatic carboxylic acids is 1. The fraction of sp³-hybridized carbons (Fsp3) is 0.857. The predicted molar refractivity (Wildman–Crippen MR) is 129 cm³/mol. The van der Waals surface area contributed by atoms with Gasteiger partial charge in [0.25, 0.3) is 19.4 Å². The van der Waals surface area contributed by atoms with Gasteiger partial charge in [-0.15, -0.1) is 0 Å². The van der Waals surface area contributed by atoms with Gasteiger partial charge in [0.1, 0.15) is 18.3 Å². The van der Waals surface area contributed by atoms with E-state index in [9.17, 15) is 24.3 Å². The SMILES string of the molecule is C[C@H](CCC(=O)O)C1CCC2[C@]1(C)[C@@H](OC=O)C[C@@H]1[C@@]3(C)CC[C@@H](OC=O)C[C@H]3C[C@@H](OC=O)[C@@]21C. The summed E-state index contributed by atoms with van der Waals surface area (Å²) in [5, 5.41) is 9.27. The number of carbonyl (C=O) groups excluding carboxylic acids is 3. The van der Waals surface area contributed by atoms with E-state index in [0.29, 0.717) is 32.3 Å². The van der Waals surface area contributed by atoms with E-state index in [1.807, 2.05) is 0 Å². The second-order valence-corrected chi connectivity index (χ2v) is 12.7. The second-order valence-electron chi connectivity index (χ2n) is 12.7. The number of hydrogen-bond donors (Lipinski definition) is 1. The standard InChI is InChI=1S/C28H42O8/c1-17(5-8-25(32)33)20-6-7-21-27(20,3)24(36-16-31)13-22-26(2)10-9-19(34-14-29)11-18(26)12-23(35-15-30)28(21,22)4/h14-24H,5-13H2,1-4H3,(H,32,33)/t17-,18+,19-,20?,21?,22-,23-,24+,26+,27-,28+/m1/s1. The van der Waals surface area contributed by atoms with Crippen LogP contribution in [0.1, 0.15) is 85.5 Å². The molecule has 8 heteroatoms. The van der Waals surface area contributed by atoms with Gasteiger partial charge in [-0.3, -0.25) is 19.2 Å². The first-order valence-corrected chi connectivity index (χ1v) is 13.6. The molecule has 0 amide bonds. The van der Waals surface area contributed by atoms with E-state index >= 15 is 0 Å². The summed E-state index contributed by atoms with van der Waals surface area (Å²) in [4.78, 5) is 45.8. The Hall–Kier alpha value is -2.12. The maximum absolute atomic E-state index is 11.8. The van der Waals surface area contributed by atoms with E-state index in [0.717, 1.165) is 38.5 Å². The zero-order valence-corrected chi connectivity index (χ0v) is 22.0. The van der Waals surface area contributed by atoms with Crippen LogP contribution in [0, 0.1) is 45.8 Å². The Kier molecular flexibility index (Phi) is 7.46. The molecule has 36 heavy (non-hydrogen) atoms. The van der Waals surface area contributed by atoms with Crippen LogP contribution in [0.25, 0.3) is 0 Å². The molecule has 0 bridgehead atoms. The number of carbonyl (C=O) groups is 4. The van der Waals surface area contributed by atoms with Gasteiger partial charge in [-0.05, 0) is 86.4 Å². The maximum Gasteiger partial charge on any atom is 0.303 e. The number of fused-ring (bicyclic) bond motifs is 5. The first-order chi connectivity index (χ1) is 17.1. The van der Waals surface area contributed by atoms with Crippen molar-refractivity contribution in [3.8, 4) is 0 Å². The fourth-order valence-corrected chi connectivity index (χ4v) is 9.97. The van der Waals surface area contributed by atoms with Crippen molar-refractivity contribution in [3.05, 3.63) is 0 Å². The quantitative estimate of drug-likeness (QED) is 0.343. The van der Waals surface area contributed by atoms with Crippen LogP contribution in [0.5, 0.6) is 0 Å². The van der Waals surface area contributed by atoms with Crippen molar-refractivity contribution in [2.75, 3.05) is 0 Å². The van der Waals surface area contributed by atoms with Crippen molar-refractivity contribution in [2.45, 2.75) is 104 Å². The summed E-state index contributed by atoms with van der Waals surface area (Å²) in [6.45, 7) is 10.6. The Labute approximate surface area is 213 Å². The summed E-state index contributed by atoms with van der Waals surface area (Å²) in [5.74, 6) is 0.149. The topological polar surface area (TPSA) is 116 Å². The minimum atomic E-state index is -0.794. The molecule has 4 aliphatic rings. The van der Waals surface area contributed by atoms with Gasteiger partial charge in [-0.25, -0.2) is 0 Å². The lowest BCUT2D eigenvalue weighted by Crippen LogP contribution is -2.68. The molecule has 0 heterocycles. The smallest absolute Gasteiger partial charge is 0.303 e. The second kappa shape index (κ2) is 9.97. The Morgan fingerprint density at radius 3 is 2.14 bits per heavy atom. The van der Waals surface area contributed by atoms with E-state index in [2.05, 4.69) is 27.7 Å². The molecule has 4 aliphatic carbocycles. The molecule has 4 rings (SSSR count). The average molecular weight is 507 g/mol. The highest BCUT2D eigenvalue weighted by molar-refractivity contribution is 5.66. The van der Waals surface area contributed by atoms with Crippen molar-refractivity contribution in [1.29, 1.82) is 0 Å². The largest absolute Gasteiger partial charge is 0.481 e. The lowest BCUT2D eigenvalue weighted by atomic mass is 9.37. The van der Waals surface area contributed by atoms with Gasteiger partial charge in [-0.1, -0.05) is 27.7 Å². The molecule has 0 radical (unpaired) electrons. The molecular formula is C28H42O8. The van der Waals surface area contributed by atoms with Crippen LogP contribution in [0.15, 0.2) is 0 Å². The van der Waals surface area contributed by atoms with Gasteiger partial charge in [0, 0.05) is 17.3 Å². The van der Waals surface area contributed by atoms with Gasteiger partial charge in [0.05, 0.1) is 0 Å². The molecule has 4 fully saturated rings. The Morgan fingerprint density at radius 1 is 0.889 bits per heavy atom. The monoisotopic (exact) mass is 506 g/mol. The third-order valence-corrected chi connectivity index (χ3v) is 11.6. The highest BCUT2D eigenvalue weighted by Gasteiger charge is 2.72. The van der Waals surface area contributed by atoms with Crippen molar-refractivity contribution in [2.24, 2.45) is 45.8 Å². The van der Waals surface area contributed by atoms with Crippen LogP contribution in [0.3, 0.4) is 0 Å². The summed E-state index contributed by atoms with van der Waals surface area (Å²) in [7, 11) is 0. The van der Waals surface area contributed by atoms with Crippen LogP contribution in [0.4, 0.5) is 0 Å². The highest BCUT2D eigenvalue weighted by Crippen LogP contribution is 2.73. The van der Waals surface area contributed by atoms with Gasteiger partial charge in [0.15, 0.2) is 0 Å². The minimum Gasteiger partial charge on any atom is -0.481 e. The van der Waals surface area contributed by atoms with Crippen LogP contribution < -0.4 is 0 Å². The molecule has 202 valence electrons. The van der Waals surface area contributed by atoms with Gasteiger partial charge < -0.3 is 19.3 Å². The lowest BCUT2D eigenvalue weighted by molar-refractivity contribution is -0.256. The van der Waals surface area contributed by atoms with Crippen molar-refractivity contribution >= 4 is 25.4 Å². The third-order valence-electron chi connectivity index (χ3n) is 11.6. The summed E-state index contributed by atoms with van der Waals surface area (Å²) < 4.78 is 17.1. The van der Waals surface area contributed by atoms with Crippen molar-refractivity contribution < 1.29 is 38.5 Å². The van der Waals surface area contributed by atoms with E-state index in [1.165, 1.54) is 0 Å². The summed E-state index contributed by atoms with van der Waals surface area (Å²) >= 11 is 0. The first-order valence-electron chi connectivity index (χ1n) is 13.6. The predicted octanol–water partition coefficient (Wildman–Crippen LogP) is 4.38. The molecule has 4 saturated carbocycles. The van der Waals surface area contributed by atoms with E-state index in [-0.39, 0.29) is 70.6 Å². The number of ether oxygens (including phenoxy) is 3. The Bertz CT molecular complexity index is 860. The molecule has 8 nitrogen and oxygen atoms in total. The normalized spacial score (nSPS) is 46.3. The van der Waals surface area contributed by atoms with Crippen molar-refractivity contribution in [1.82, 2.24) is 0 Å². The van der Waals surface area contributed by atoms with E-state index < -0.39 is 5.97 Å². The Morgan fingerprint density at radius 2 is 1.53 bits per heavy atom. The lowest BCUT2D eigenvalue weighted by Gasteiger charge is -2.68. The Balaban J connectivity index is 1.74. The van der Waals surface area contributed by atoms with Gasteiger partial charge in [0.2, 0.25) is 0 Å². The molecule has 0 aliphatic heterocycles. The van der Waals surface area contributed by atoms with E-state index in [1.54, 1.807) is 0 Å². The number of carboxylic acids is 1. The van der Waals surface area contributed by atoms with Crippen LogP contribution in [0.2, 0.25) is 0 Å². The molecular weight excluding hydrogens is 464 g/mol. The maximum atomic E-state index is 11.8. The molecule has 0 spiro atoms. The molecule has 0 aromatic carbocycles. The van der Waals surface area contributed by atoms with Crippen molar-refractivity contribution in [3.63, 3.8) is 0 Å². The van der Waals surface area contributed by atoms with Gasteiger partial charge in [-0.2, -0.15) is 0 Å². The molecule has 11 atom stereocenters. The summed E-state index contributed by atoms with van der Waals surface area (Å²) in [6.07, 6.45) is 5.76. The highest BCUT2D eigenvalue weighted by atomic mass is 16.5. The number of hydrogen-bond acceptors (Lipinski definition) is 7. The summed E-state index contributed by atoms with van der Waals surface area (Å²) in [5.41, 5.74) is -0.696. The van der Waals surface area contributed by atoms with Crippen LogP contribution in [-0.2, 0) is 33.4 Å².